The van der Waals surface area contributed by atoms with Gasteiger partial charge in [0.05, 0.1) is 6.21 Å². The van der Waals surface area contributed by atoms with E-state index in [1.165, 1.54) is 12.1 Å². The third kappa shape index (κ3) is 6.04. The Kier molecular flexibility index (Phi) is 6.50. The standard InChI is InChI=1S/C17H18FN3OS/c1-2-19-17(23)21-20-11-13-5-9-16(10-6-13)22-12-14-3-7-15(18)8-4-14/h3-11H,2,12H2,1H3,(H2,19,21,23)/b20-11-. The Bertz CT molecular complexity index is 657. The minimum Gasteiger partial charge on any atom is -0.489 e. The van der Waals surface area contributed by atoms with Crippen molar-refractivity contribution in [1.29, 1.82) is 0 Å². The Morgan fingerprint density at radius 1 is 1.17 bits per heavy atom. The zero-order valence-corrected chi connectivity index (χ0v) is 13.6. The van der Waals surface area contributed by atoms with Crippen LogP contribution in [0, 0.1) is 5.82 Å². The average molecular weight is 331 g/mol. The molecule has 2 N–H and O–H groups in total. The van der Waals surface area contributed by atoms with Crippen LogP contribution in [-0.2, 0) is 6.61 Å². The van der Waals surface area contributed by atoms with E-state index in [2.05, 4.69) is 15.8 Å². The summed E-state index contributed by atoms with van der Waals surface area (Å²) in [5, 5.41) is 7.47. The molecule has 0 saturated carbocycles. The summed E-state index contributed by atoms with van der Waals surface area (Å²) in [5.41, 5.74) is 4.56. The molecule has 23 heavy (non-hydrogen) atoms. The average Bonchev–Trinajstić information content (AvgIpc) is 2.56. The molecule has 6 heteroatoms. The molecule has 0 bridgehead atoms. The Labute approximate surface area is 140 Å². The number of halogens is 1. The lowest BCUT2D eigenvalue weighted by Gasteiger charge is -2.06. The first kappa shape index (κ1) is 16.9. The number of ether oxygens (including phenoxy) is 1. The van der Waals surface area contributed by atoms with Crippen molar-refractivity contribution in [3.63, 3.8) is 0 Å². The quantitative estimate of drug-likeness (QED) is 0.485. The van der Waals surface area contributed by atoms with E-state index in [-0.39, 0.29) is 5.82 Å². The number of hydrazone groups is 1. The van der Waals surface area contributed by atoms with Crippen LogP contribution in [0.1, 0.15) is 18.1 Å². The van der Waals surface area contributed by atoms with Gasteiger partial charge in [-0.1, -0.05) is 12.1 Å². The Hall–Kier alpha value is -2.47. The van der Waals surface area contributed by atoms with Gasteiger partial charge < -0.3 is 10.1 Å². The molecule has 0 aliphatic heterocycles. The molecule has 120 valence electrons. The maximum Gasteiger partial charge on any atom is 0.186 e. The number of benzene rings is 2. The van der Waals surface area contributed by atoms with Gasteiger partial charge in [0.1, 0.15) is 18.2 Å². The number of hydrogen-bond acceptors (Lipinski definition) is 3. The van der Waals surface area contributed by atoms with Crippen LogP contribution >= 0.6 is 12.2 Å². The minimum atomic E-state index is -0.250. The topological polar surface area (TPSA) is 45.7 Å². The Balaban J connectivity index is 1.83. The first-order valence-electron chi connectivity index (χ1n) is 7.21. The van der Waals surface area contributed by atoms with Crippen LogP contribution in [0.5, 0.6) is 5.75 Å². The highest BCUT2D eigenvalue weighted by Gasteiger charge is 1.97. The van der Waals surface area contributed by atoms with Gasteiger partial charge in [-0.3, -0.25) is 5.43 Å². The van der Waals surface area contributed by atoms with E-state index in [0.29, 0.717) is 11.7 Å². The predicted molar refractivity (Wildman–Crippen MR) is 94.2 cm³/mol. The lowest BCUT2D eigenvalue weighted by atomic mass is 10.2. The van der Waals surface area contributed by atoms with Gasteiger partial charge in [0.15, 0.2) is 5.11 Å². The van der Waals surface area contributed by atoms with Gasteiger partial charge in [0.25, 0.3) is 0 Å². The van der Waals surface area contributed by atoms with Crippen LogP contribution in [0.2, 0.25) is 0 Å². The predicted octanol–water partition coefficient (Wildman–Crippen LogP) is 3.22. The molecule has 2 rings (SSSR count). The fourth-order valence-corrected chi connectivity index (χ4v) is 1.96. The molecule has 0 unspecified atom stereocenters. The molecule has 0 saturated heterocycles. The van der Waals surface area contributed by atoms with Crippen LogP contribution in [0.3, 0.4) is 0 Å². The van der Waals surface area contributed by atoms with E-state index in [4.69, 9.17) is 17.0 Å². The van der Waals surface area contributed by atoms with Gasteiger partial charge in [-0.05, 0) is 66.7 Å². The summed E-state index contributed by atoms with van der Waals surface area (Å²) in [6, 6.07) is 13.7. The third-order valence-corrected chi connectivity index (χ3v) is 3.15. The molecule has 2 aromatic rings. The van der Waals surface area contributed by atoms with Gasteiger partial charge in [-0.2, -0.15) is 5.10 Å². The SMILES string of the molecule is CCNC(=S)N/N=C\c1ccc(OCc2ccc(F)cc2)cc1. The fraction of sp³-hybridized carbons (Fsp3) is 0.176. The van der Waals surface area contributed by atoms with Crippen molar-refractivity contribution in [3.8, 4) is 5.75 Å². The monoisotopic (exact) mass is 331 g/mol. The summed E-state index contributed by atoms with van der Waals surface area (Å²) in [6.07, 6.45) is 1.67. The molecule has 4 nitrogen and oxygen atoms in total. The highest BCUT2D eigenvalue weighted by Crippen LogP contribution is 2.13. The van der Waals surface area contributed by atoms with Gasteiger partial charge in [0.2, 0.25) is 0 Å². The van der Waals surface area contributed by atoms with E-state index < -0.39 is 0 Å². The first-order valence-corrected chi connectivity index (χ1v) is 7.62. The maximum atomic E-state index is 12.8. The van der Waals surface area contributed by atoms with E-state index in [1.807, 2.05) is 31.2 Å². The van der Waals surface area contributed by atoms with Crippen molar-refractivity contribution in [2.24, 2.45) is 5.10 Å². The van der Waals surface area contributed by atoms with Gasteiger partial charge in [-0.15, -0.1) is 0 Å². The number of nitrogens with zero attached hydrogens (tertiary/aromatic N) is 1. The molecule has 0 aliphatic carbocycles. The van der Waals surface area contributed by atoms with Gasteiger partial charge >= 0.3 is 0 Å². The molecular formula is C17H18FN3OS. The molecule has 0 radical (unpaired) electrons. The van der Waals surface area contributed by atoms with Crippen molar-refractivity contribution in [1.82, 2.24) is 10.7 Å². The minimum absolute atomic E-state index is 0.250. The summed E-state index contributed by atoms with van der Waals surface area (Å²) >= 11 is 5.00. The van der Waals surface area contributed by atoms with Gasteiger partial charge in [-0.25, -0.2) is 4.39 Å². The molecule has 2 aromatic carbocycles. The van der Waals surface area contributed by atoms with Crippen LogP contribution in [0.15, 0.2) is 53.6 Å². The van der Waals surface area contributed by atoms with Crippen LogP contribution in [0.4, 0.5) is 4.39 Å². The normalized spacial score (nSPS) is 10.5. The molecule has 0 aliphatic rings. The lowest BCUT2D eigenvalue weighted by Crippen LogP contribution is -2.31. The van der Waals surface area contributed by atoms with E-state index in [9.17, 15) is 4.39 Å². The Morgan fingerprint density at radius 2 is 1.87 bits per heavy atom. The molecule has 0 atom stereocenters. The second-order valence-electron chi connectivity index (χ2n) is 4.71. The summed E-state index contributed by atoms with van der Waals surface area (Å²) in [4.78, 5) is 0. The number of rotatable bonds is 6. The lowest BCUT2D eigenvalue weighted by molar-refractivity contribution is 0.306. The van der Waals surface area contributed by atoms with E-state index >= 15 is 0 Å². The van der Waals surface area contributed by atoms with Crippen molar-refractivity contribution in [2.45, 2.75) is 13.5 Å². The van der Waals surface area contributed by atoms with Crippen molar-refractivity contribution in [3.05, 3.63) is 65.5 Å². The molecule has 0 heterocycles. The summed E-state index contributed by atoms with van der Waals surface area (Å²) in [5.74, 6) is 0.488. The summed E-state index contributed by atoms with van der Waals surface area (Å²) < 4.78 is 18.5. The zero-order chi connectivity index (χ0) is 16.5. The van der Waals surface area contributed by atoms with Crippen LogP contribution in [-0.4, -0.2) is 17.9 Å². The first-order chi connectivity index (χ1) is 11.2. The highest BCUT2D eigenvalue weighted by atomic mass is 32.1. The summed E-state index contributed by atoms with van der Waals surface area (Å²) in [6.45, 7) is 3.11. The second kappa shape index (κ2) is 8.85. The zero-order valence-electron chi connectivity index (χ0n) is 12.8. The fourth-order valence-electron chi connectivity index (χ4n) is 1.76. The van der Waals surface area contributed by atoms with Gasteiger partial charge in [0, 0.05) is 6.54 Å². The number of thiocarbonyl (C=S) groups is 1. The number of nitrogens with one attached hydrogen (secondary N) is 2. The number of hydrogen-bond donors (Lipinski definition) is 2. The third-order valence-electron chi connectivity index (χ3n) is 2.92. The second-order valence-corrected chi connectivity index (χ2v) is 5.12. The molecule has 0 amide bonds. The smallest absolute Gasteiger partial charge is 0.186 e. The van der Waals surface area contributed by atoms with E-state index in [1.54, 1.807) is 18.3 Å². The maximum absolute atomic E-state index is 12.8. The van der Waals surface area contributed by atoms with Crippen molar-refractivity contribution >= 4 is 23.5 Å². The summed E-state index contributed by atoms with van der Waals surface area (Å²) in [7, 11) is 0. The van der Waals surface area contributed by atoms with E-state index in [0.717, 1.165) is 23.4 Å². The van der Waals surface area contributed by atoms with Crippen molar-refractivity contribution < 1.29 is 9.13 Å². The highest BCUT2D eigenvalue weighted by molar-refractivity contribution is 7.80. The Morgan fingerprint density at radius 3 is 2.52 bits per heavy atom. The van der Waals surface area contributed by atoms with Crippen LogP contribution < -0.4 is 15.5 Å². The van der Waals surface area contributed by atoms with Crippen LogP contribution in [0.25, 0.3) is 0 Å². The molecular weight excluding hydrogens is 313 g/mol. The molecule has 0 fully saturated rings. The molecule has 0 aromatic heterocycles. The van der Waals surface area contributed by atoms with Crippen molar-refractivity contribution in [2.75, 3.05) is 6.54 Å². The molecule has 0 spiro atoms. The largest absolute Gasteiger partial charge is 0.489 e.